The number of nitrogens with zero attached hydrogens (tertiary/aromatic N) is 3. The fraction of sp³-hybridized carbons (Fsp3) is 0.364. The minimum atomic E-state index is -0.505. The van der Waals surface area contributed by atoms with E-state index < -0.39 is 6.10 Å². The van der Waals surface area contributed by atoms with Gasteiger partial charge in [0.1, 0.15) is 5.69 Å². The number of aliphatic hydroxyl groups is 1. The molecule has 1 aliphatic rings. The maximum Gasteiger partial charge on any atom is 0.183 e. The second kappa shape index (κ2) is 7.62. The first kappa shape index (κ1) is 17.9. The zero-order valence-electron chi connectivity index (χ0n) is 15.6. The lowest BCUT2D eigenvalue weighted by atomic mass is 9.99. The third kappa shape index (κ3) is 3.80. The SMILES string of the molecule is Cn1nc(C(=O)CC[C@H](O)CN2CCc3ccccc3C2)c2ccccc21. The molecule has 1 aliphatic heterocycles. The van der Waals surface area contributed by atoms with Gasteiger partial charge in [-0.05, 0) is 30.0 Å². The van der Waals surface area contributed by atoms with Gasteiger partial charge in [-0.2, -0.15) is 5.10 Å². The third-order valence-corrected chi connectivity index (χ3v) is 5.41. The van der Waals surface area contributed by atoms with Crippen molar-refractivity contribution >= 4 is 16.7 Å². The van der Waals surface area contributed by atoms with E-state index in [9.17, 15) is 9.90 Å². The molecule has 0 saturated carbocycles. The number of aryl methyl sites for hydroxylation is 1. The average Bonchev–Trinajstić information content (AvgIpc) is 3.03. The molecule has 0 spiro atoms. The first-order chi connectivity index (χ1) is 13.1. The standard InChI is InChI=1S/C22H25N3O2/c1-24-20-9-5-4-8-19(20)22(23-24)21(27)11-10-18(26)15-25-13-12-16-6-2-3-7-17(16)14-25/h2-9,18,26H,10-15H2,1H3/t18-/m0/s1. The Labute approximate surface area is 159 Å². The number of carbonyl (C=O) groups excluding carboxylic acids is 1. The maximum absolute atomic E-state index is 12.6. The van der Waals surface area contributed by atoms with Crippen LogP contribution in [0.5, 0.6) is 0 Å². The summed E-state index contributed by atoms with van der Waals surface area (Å²) in [6.45, 7) is 2.42. The van der Waals surface area contributed by atoms with E-state index in [0.29, 0.717) is 25.1 Å². The Balaban J connectivity index is 1.34. The van der Waals surface area contributed by atoms with Crippen LogP contribution in [0.3, 0.4) is 0 Å². The summed E-state index contributed by atoms with van der Waals surface area (Å²) in [5.41, 5.74) is 4.20. The Morgan fingerprint density at radius 1 is 1.15 bits per heavy atom. The van der Waals surface area contributed by atoms with Gasteiger partial charge in [0.15, 0.2) is 5.78 Å². The number of para-hydroxylation sites is 1. The highest BCUT2D eigenvalue weighted by Crippen LogP contribution is 2.21. The van der Waals surface area contributed by atoms with Gasteiger partial charge in [-0.1, -0.05) is 42.5 Å². The second-order valence-electron chi connectivity index (χ2n) is 7.36. The Hall–Kier alpha value is -2.50. The highest BCUT2D eigenvalue weighted by Gasteiger charge is 2.20. The molecule has 1 aromatic heterocycles. The predicted octanol–water partition coefficient (Wildman–Crippen LogP) is 2.96. The van der Waals surface area contributed by atoms with Gasteiger partial charge in [-0.15, -0.1) is 0 Å². The van der Waals surface area contributed by atoms with E-state index in [1.54, 1.807) is 4.68 Å². The Morgan fingerprint density at radius 2 is 1.89 bits per heavy atom. The van der Waals surface area contributed by atoms with Crippen LogP contribution in [0, 0.1) is 0 Å². The summed E-state index contributed by atoms with van der Waals surface area (Å²) in [5, 5.41) is 15.7. The molecule has 0 unspecified atom stereocenters. The minimum Gasteiger partial charge on any atom is -0.392 e. The van der Waals surface area contributed by atoms with E-state index in [2.05, 4.69) is 34.3 Å². The van der Waals surface area contributed by atoms with Crippen LogP contribution in [0.1, 0.15) is 34.5 Å². The van der Waals surface area contributed by atoms with Gasteiger partial charge < -0.3 is 5.11 Å². The molecule has 2 heterocycles. The van der Waals surface area contributed by atoms with Crippen molar-refractivity contribution in [3.05, 3.63) is 65.4 Å². The van der Waals surface area contributed by atoms with E-state index in [1.165, 1.54) is 11.1 Å². The van der Waals surface area contributed by atoms with Crippen molar-refractivity contribution in [2.24, 2.45) is 7.05 Å². The molecule has 0 saturated heterocycles. The van der Waals surface area contributed by atoms with Crippen LogP contribution < -0.4 is 0 Å². The Bertz CT molecular complexity index is 963. The van der Waals surface area contributed by atoms with Crippen LogP contribution in [0.25, 0.3) is 10.9 Å². The van der Waals surface area contributed by atoms with Crippen LogP contribution in [0.15, 0.2) is 48.5 Å². The van der Waals surface area contributed by atoms with Gasteiger partial charge in [0.05, 0.1) is 11.6 Å². The molecule has 140 valence electrons. The quantitative estimate of drug-likeness (QED) is 0.684. The highest BCUT2D eigenvalue weighted by atomic mass is 16.3. The summed E-state index contributed by atoms with van der Waals surface area (Å²) in [4.78, 5) is 14.9. The molecule has 27 heavy (non-hydrogen) atoms. The molecule has 0 fully saturated rings. The van der Waals surface area contributed by atoms with Gasteiger partial charge in [-0.3, -0.25) is 14.4 Å². The molecule has 0 radical (unpaired) electrons. The lowest BCUT2D eigenvalue weighted by molar-refractivity contribution is 0.0834. The molecule has 0 amide bonds. The van der Waals surface area contributed by atoms with E-state index in [1.807, 2.05) is 31.3 Å². The number of β-amino-alcohol motifs (C(OH)–C–C–N with tert-alkyl or cyclic N) is 1. The number of carbonyl (C=O) groups is 1. The van der Waals surface area contributed by atoms with Crippen molar-refractivity contribution in [3.8, 4) is 0 Å². The number of fused-ring (bicyclic) bond motifs is 2. The molecule has 1 N–H and O–H groups in total. The molecular weight excluding hydrogens is 338 g/mol. The summed E-state index contributed by atoms with van der Waals surface area (Å²) < 4.78 is 1.74. The van der Waals surface area contributed by atoms with Gasteiger partial charge in [-0.25, -0.2) is 0 Å². The number of Topliss-reactive ketones (excluding diaryl/α,β-unsaturated/α-hetero) is 1. The van der Waals surface area contributed by atoms with Gasteiger partial charge in [0.25, 0.3) is 0 Å². The summed E-state index contributed by atoms with van der Waals surface area (Å²) in [5.74, 6) is -0.00478. The second-order valence-corrected chi connectivity index (χ2v) is 7.36. The Morgan fingerprint density at radius 3 is 2.74 bits per heavy atom. The fourth-order valence-corrected chi connectivity index (χ4v) is 3.94. The number of ketones is 1. The number of benzene rings is 2. The average molecular weight is 363 g/mol. The number of rotatable bonds is 6. The number of hydrogen-bond donors (Lipinski definition) is 1. The van der Waals surface area contributed by atoms with E-state index in [-0.39, 0.29) is 5.78 Å². The summed E-state index contributed by atoms with van der Waals surface area (Å²) in [6, 6.07) is 16.2. The normalized spacial score (nSPS) is 15.6. The van der Waals surface area contributed by atoms with Crippen molar-refractivity contribution < 1.29 is 9.90 Å². The van der Waals surface area contributed by atoms with E-state index in [4.69, 9.17) is 0 Å². The van der Waals surface area contributed by atoms with Crippen molar-refractivity contribution in [1.29, 1.82) is 0 Å². The highest BCUT2D eigenvalue weighted by molar-refractivity contribution is 6.05. The fourth-order valence-electron chi connectivity index (χ4n) is 3.94. The number of aromatic nitrogens is 2. The molecule has 4 rings (SSSR count). The zero-order valence-corrected chi connectivity index (χ0v) is 15.6. The molecular formula is C22H25N3O2. The summed E-state index contributed by atoms with van der Waals surface area (Å²) in [6.07, 6.45) is 1.28. The summed E-state index contributed by atoms with van der Waals surface area (Å²) in [7, 11) is 1.85. The molecule has 1 atom stereocenters. The monoisotopic (exact) mass is 363 g/mol. The predicted molar refractivity (Wildman–Crippen MR) is 106 cm³/mol. The first-order valence-electron chi connectivity index (χ1n) is 9.54. The Kier molecular flexibility index (Phi) is 5.05. The van der Waals surface area contributed by atoms with Gasteiger partial charge >= 0.3 is 0 Å². The van der Waals surface area contributed by atoms with Gasteiger partial charge in [0, 0.05) is 38.5 Å². The van der Waals surface area contributed by atoms with Crippen LogP contribution in [0.4, 0.5) is 0 Å². The van der Waals surface area contributed by atoms with Crippen LogP contribution in [-0.2, 0) is 20.0 Å². The van der Waals surface area contributed by atoms with Crippen LogP contribution in [-0.4, -0.2) is 44.8 Å². The van der Waals surface area contributed by atoms with Crippen molar-refractivity contribution in [2.75, 3.05) is 13.1 Å². The number of hydrogen-bond acceptors (Lipinski definition) is 4. The minimum absolute atomic E-state index is 0.00478. The first-order valence-corrected chi connectivity index (χ1v) is 9.54. The lowest BCUT2D eigenvalue weighted by Gasteiger charge is -2.30. The molecule has 2 aromatic carbocycles. The number of aliphatic hydroxyl groups excluding tert-OH is 1. The third-order valence-electron chi connectivity index (χ3n) is 5.41. The van der Waals surface area contributed by atoms with Crippen LogP contribution >= 0.6 is 0 Å². The molecule has 0 bridgehead atoms. The zero-order chi connectivity index (χ0) is 18.8. The molecule has 5 nitrogen and oxygen atoms in total. The van der Waals surface area contributed by atoms with Crippen LogP contribution in [0.2, 0.25) is 0 Å². The van der Waals surface area contributed by atoms with Crippen molar-refractivity contribution in [2.45, 2.75) is 31.9 Å². The maximum atomic E-state index is 12.6. The van der Waals surface area contributed by atoms with Crippen molar-refractivity contribution in [1.82, 2.24) is 14.7 Å². The molecule has 5 heteroatoms. The summed E-state index contributed by atoms with van der Waals surface area (Å²) >= 11 is 0. The molecule has 3 aromatic rings. The van der Waals surface area contributed by atoms with E-state index in [0.717, 1.165) is 30.4 Å². The van der Waals surface area contributed by atoms with Crippen molar-refractivity contribution in [3.63, 3.8) is 0 Å². The van der Waals surface area contributed by atoms with Gasteiger partial charge in [0.2, 0.25) is 0 Å². The molecule has 0 aliphatic carbocycles. The largest absolute Gasteiger partial charge is 0.392 e. The van der Waals surface area contributed by atoms with E-state index >= 15 is 0 Å². The smallest absolute Gasteiger partial charge is 0.183 e. The lowest BCUT2D eigenvalue weighted by Crippen LogP contribution is -2.36. The topological polar surface area (TPSA) is 58.4 Å².